The third-order valence-electron chi connectivity index (χ3n) is 2.36. The Labute approximate surface area is 153 Å². The van der Waals surface area contributed by atoms with E-state index in [4.69, 9.17) is 4.74 Å². The van der Waals surface area contributed by atoms with E-state index in [2.05, 4.69) is 0 Å². The first-order valence-electron chi connectivity index (χ1n) is 5.38. The van der Waals surface area contributed by atoms with Crippen LogP contribution in [0.4, 0.5) is 12.9 Å². The topological polar surface area (TPSA) is 43.4 Å². The predicted octanol–water partition coefficient (Wildman–Crippen LogP) is -1.44. The van der Waals surface area contributed by atoms with Crippen molar-refractivity contribution in [3.63, 3.8) is 0 Å². The summed E-state index contributed by atoms with van der Waals surface area (Å²) in [6, 6.07) is 4.21. The molecule has 1 aromatic carbocycles. The number of benzene rings is 1. The van der Waals surface area contributed by atoms with E-state index >= 15 is 0 Å². The summed E-state index contributed by atoms with van der Waals surface area (Å²) in [6.45, 7) is -3.55. The molecule has 0 heterocycles. The summed E-state index contributed by atoms with van der Waals surface area (Å²) < 4.78 is 64.3. The molecular formula is C10H13BF3KO3S. The summed E-state index contributed by atoms with van der Waals surface area (Å²) in [5.74, 6) is 0.102. The standard InChI is InChI=1S/C10H13BF3O3S.K/c1-2-18(15,16)8-7-17-10-5-3-9(4-6-10)11(12,13)14;/h3-6H,2,7-8H2,1H3;/q-1;+1. The molecule has 0 bridgehead atoms. The molecule has 0 amide bonds. The van der Waals surface area contributed by atoms with Crippen molar-refractivity contribution >= 4 is 22.3 Å². The van der Waals surface area contributed by atoms with Crippen molar-refractivity contribution in [1.82, 2.24) is 0 Å². The van der Waals surface area contributed by atoms with Gasteiger partial charge >= 0.3 is 58.4 Å². The molecule has 0 aromatic heterocycles. The van der Waals surface area contributed by atoms with Gasteiger partial charge in [0.1, 0.15) is 12.4 Å². The van der Waals surface area contributed by atoms with Crippen molar-refractivity contribution in [2.45, 2.75) is 6.92 Å². The van der Waals surface area contributed by atoms with Gasteiger partial charge in [-0.25, -0.2) is 8.42 Å². The maximum Gasteiger partial charge on any atom is 1.00 e. The van der Waals surface area contributed by atoms with Crippen molar-refractivity contribution in [3.8, 4) is 5.75 Å². The average Bonchev–Trinajstić information content (AvgIpc) is 2.28. The van der Waals surface area contributed by atoms with E-state index in [0.717, 1.165) is 12.1 Å². The minimum Gasteiger partial charge on any atom is -0.493 e. The molecule has 0 saturated heterocycles. The number of hydrogen-bond donors (Lipinski definition) is 0. The van der Waals surface area contributed by atoms with Crippen LogP contribution >= 0.6 is 0 Å². The zero-order valence-electron chi connectivity index (χ0n) is 10.8. The van der Waals surface area contributed by atoms with Crippen LogP contribution in [0.1, 0.15) is 6.92 Å². The molecule has 9 heteroatoms. The van der Waals surface area contributed by atoms with Gasteiger partial charge in [0.25, 0.3) is 0 Å². The van der Waals surface area contributed by atoms with E-state index in [1.54, 1.807) is 0 Å². The molecule has 0 radical (unpaired) electrons. The van der Waals surface area contributed by atoms with Crippen molar-refractivity contribution in [2.75, 3.05) is 18.1 Å². The van der Waals surface area contributed by atoms with E-state index < -0.39 is 22.3 Å². The second kappa shape index (κ2) is 8.04. The van der Waals surface area contributed by atoms with Crippen LogP contribution in [-0.2, 0) is 9.84 Å². The smallest absolute Gasteiger partial charge is 0.493 e. The Morgan fingerprint density at radius 2 is 1.68 bits per heavy atom. The van der Waals surface area contributed by atoms with E-state index in [1.807, 2.05) is 0 Å². The maximum absolute atomic E-state index is 12.3. The van der Waals surface area contributed by atoms with Crippen LogP contribution in [-0.4, -0.2) is 33.5 Å². The number of halogens is 3. The second-order valence-corrected chi connectivity index (χ2v) is 6.20. The van der Waals surface area contributed by atoms with Gasteiger partial charge in [-0.1, -0.05) is 19.1 Å². The minimum atomic E-state index is -5.01. The molecule has 0 saturated carbocycles. The Morgan fingerprint density at radius 3 is 2.11 bits per heavy atom. The molecule has 0 atom stereocenters. The van der Waals surface area contributed by atoms with Gasteiger partial charge in [-0.3, -0.25) is 0 Å². The van der Waals surface area contributed by atoms with E-state index in [9.17, 15) is 21.4 Å². The number of hydrogen-bond acceptors (Lipinski definition) is 3. The zero-order valence-corrected chi connectivity index (χ0v) is 14.7. The summed E-state index contributed by atoms with van der Waals surface area (Å²) in [5.41, 5.74) is -0.705. The van der Waals surface area contributed by atoms with Gasteiger partial charge in [0.05, 0.1) is 5.75 Å². The van der Waals surface area contributed by atoms with Gasteiger partial charge in [0, 0.05) is 5.75 Å². The monoisotopic (exact) mass is 320 g/mol. The average molecular weight is 320 g/mol. The molecule has 0 aliphatic heterocycles. The van der Waals surface area contributed by atoms with Crippen LogP contribution in [0.2, 0.25) is 0 Å². The van der Waals surface area contributed by atoms with Crippen LogP contribution in [0.25, 0.3) is 0 Å². The molecule has 0 unspecified atom stereocenters. The SMILES string of the molecule is CCS(=O)(=O)CCOc1ccc([B-](F)(F)F)cc1.[K+]. The summed E-state index contributed by atoms with van der Waals surface area (Å²) in [6.07, 6.45) is 0. The first-order chi connectivity index (χ1) is 8.24. The first kappa shape index (κ1) is 19.5. The summed E-state index contributed by atoms with van der Waals surface area (Å²) >= 11 is 0. The van der Waals surface area contributed by atoms with Crippen molar-refractivity contribution < 1.29 is 77.5 Å². The van der Waals surface area contributed by atoms with Gasteiger partial charge in [-0.05, 0) is 12.1 Å². The number of sulfone groups is 1. The minimum absolute atomic E-state index is 0. The zero-order chi connectivity index (χ0) is 13.8. The first-order valence-corrected chi connectivity index (χ1v) is 7.20. The van der Waals surface area contributed by atoms with Crippen LogP contribution in [0.15, 0.2) is 24.3 Å². The van der Waals surface area contributed by atoms with Crippen molar-refractivity contribution in [3.05, 3.63) is 24.3 Å². The van der Waals surface area contributed by atoms with Crippen molar-refractivity contribution in [1.29, 1.82) is 0 Å². The normalized spacial score (nSPS) is 11.8. The van der Waals surface area contributed by atoms with E-state index in [0.29, 0.717) is 0 Å². The van der Waals surface area contributed by atoms with E-state index in [-0.39, 0.29) is 75.2 Å². The quantitative estimate of drug-likeness (QED) is 0.603. The molecule has 0 fully saturated rings. The van der Waals surface area contributed by atoms with Crippen LogP contribution in [0, 0.1) is 0 Å². The third kappa shape index (κ3) is 7.14. The molecule has 0 spiro atoms. The van der Waals surface area contributed by atoms with Crippen LogP contribution in [0.5, 0.6) is 5.75 Å². The molecule has 0 aliphatic carbocycles. The van der Waals surface area contributed by atoms with Gasteiger partial charge in [0.2, 0.25) is 0 Å². The second-order valence-electron chi connectivity index (χ2n) is 3.73. The largest absolute Gasteiger partial charge is 1.00 e. The number of ether oxygens (including phenoxy) is 1. The summed E-state index contributed by atoms with van der Waals surface area (Å²) in [5, 5.41) is 0. The molecule has 102 valence electrons. The molecule has 0 aliphatic rings. The van der Waals surface area contributed by atoms with Crippen LogP contribution in [0.3, 0.4) is 0 Å². The molecule has 1 rings (SSSR count). The van der Waals surface area contributed by atoms with Gasteiger partial charge in [-0.15, -0.1) is 5.46 Å². The molecule has 19 heavy (non-hydrogen) atoms. The predicted molar refractivity (Wildman–Crippen MR) is 65.0 cm³/mol. The summed E-state index contributed by atoms with van der Waals surface area (Å²) in [7, 11) is -3.12. The Bertz CT molecular complexity index is 488. The fraction of sp³-hybridized carbons (Fsp3) is 0.400. The molecule has 0 N–H and O–H groups in total. The van der Waals surface area contributed by atoms with Gasteiger partial charge in [0.15, 0.2) is 9.84 Å². The Kier molecular flexibility index (Phi) is 8.23. The summed E-state index contributed by atoms with van der Waals surface area (Å²) in [4.78, 5) is 0. The fourth-order valence-electron chi connectivity index (χ4n) is 1.21. The van der Waals surface area contributed by atoms with Gasteiger partial charge in [-0.2, -0.15) is 0 Å². The van der Waals surface area contributed by atoms with E-state index in [1.165, 1.54) is 19.1 Å². The van der Waals surface area contributed by atoms with Crippen LogP contribution < -0.4 is 61.6 Å². The maximum atomic E-state index is 12.3. The Hall–Kier alpha value is 0.461. The van der Waals surface area contributed by atoms with Crippen molar-refractivity contribution in [2.24, 2.45) is 0 Å². The molecular weight excluding hydrogens is 307 g/mol. The molecule has 1 aromatic rings. The Morgan fingerprint density at radius 1 is 1.16 bits per heavy atom. The molecule has 3 nitrogen and oxygen atoms in total. The van der Waals surface area contributed by atoms with Gasteiger partial charge < -0.3 is 17.7 Å². The fourth-order valence-corrected chi connectivity index (χ4v) is 1.84. The third-order valence-corrected chi connectivity index (χ3v) is 4.03. The number of rotatable bonds is 6. The Balaban J connectivity index is 0.00000324.